The minimum absolute atomic E-state index is 0.588. The first kappa shape index (κ1) is 31.9. The molecule has 57 heavy (non-hydrogen) atoms. The molecule has 0 N–H and O–H groups in total. The molecule has 5 nitrogen and oxygen atoms in total. The molecule has 0 saturated heterocycles. The molecule has 0 atom stereocenters. The summed E-state index contributed by atoms with van der Waals surface area (Å²) in [6.45, 7) is 0. The Bertz CT molecular complexity index is 3470. The van der Waals surface area contributed by atoms with Crippen molar-refractivity contribution in [3.8, 4) is 45.5 Å². The topological polar surface area (TPSA) is 48.5 Å². The van der Waals surface area contributed by atoms with Crippen LogP contribution in [0.3, 0.4) is 0 Å². The lowest BCUT2D eigenvalue weighted by Gasteiger charge is -2.11. The zero-order valence-electron chi connectivity index (χ0n) is 30.5. The zero-order valence-corrected chi connectivity index (χ0v) is 31.4. The molecule has 4 heterocycles. The first-order chi connectivity index (χ1) is 28.3. The summed E-state index contributed by atoms with van der Waals surface area (Å²) < 4.78 is 7.24. The number of hydrogen-bond donors (Lipinski definition) is 0. The predicted molar refractivity (Wildman–Crippen MR) is 238 cm³/mol. The molecule has 0 unspecified atom stereocenters. The van der Waals surface area contributed by atoms with Crippen LogP contribution in [-0.4, -0.2) is 24.1 Å². The molecule has 0 amide bonds. The summed E-state index contributed by atoms with van der Waals surface area (Å²) in [6.07, 6.45) is 0. The fourth-order valence-corrected chi connectivity index (χ4v) is 9.79. The summed E-state index contributed by atoms with van der Waals surface area (Å²) >= 11 is 1.87. The third kappa shape index (κ3) is 4.98. The van der Waals surface area contributed by atoms with Gasteiger partial charge in [-0.15, -0.1) is 11.3 Å². The Hall–Kier alpha value is -7.41. The molecule has 0 saturated carbocycles. The maximum absolute atomic E-state index is 5.11. The van der Waals surface area contributed by atoms with Crippen LogP contribution in [0.4, 0.5) is 0 Å². The monoisotopic (exact) mass is 745 g/mol. The van der Waals surface area contributed by atoms with Crippen LogP contribution < -0.4 is 0 Å². The number of thiophene rings is 1. The van der Waals surface area contributed by atoms with Crippen LogP contribution in [0.2, 0.25) is 0 Å². The minimum Gasteiger partial charge on any atom is -0.308 e. The number of para-hydroxylation sites is 2. The molecule has 12 rings (SSSR count). The Morgan fingerprint density at radius 2 is 0.825 bits per heavy atom. The van der Waals surface area contributed by atoms with Crippen LogP contribution in [0.15, 0.2) is 188 Å². The number of hydrogen-bond acceptors (Lipinski definition) is 4. The highest BCUT2D eigenvalue weighted by molar-refractivity contribution is 7.26. The van der Waals surface area contributed by atoms with Gasteiger partial charge >= 0.3 is 0 Å². The molecular formula is C51H31N5S. The van der Waals surface area contributed by atoms with Crippen LogP contribution >= 0.6 is 11.3 Å². The van der Waals surface area contributed by atoms with Crippen LogP contribution in [0.1, 0.15) is 0 Å². The van der Waals surface area contributed by atoms with E-state index < -0.39 is 0 Å². The summed E-state index contributed by atoms with van der Waals surface area (Å²) in [6, 6.07) is 66.7. The normalized spacial score (nSPS) is 11.9. The number of aromatic nitrogens is 5. The summed E-state index contributed by atoms with van der Waals surface area (Å²) in [5, 5.41) is 7.37. The number of rotatable bonds is 5. The van der Waals surface area contributed by atoms with E-state index in [0.29, 0.717) is 17.6 Å². The summed E-state index contributed by atoms with van der Waals surface area (Å²) in [5.41, 5.74) is 9.91. The van der Waals surface area contributed by atoms with Crippen LogP contribution in [0, 0.1) is 0 Å². The largest absolute Gasteiger partial charge is 0.308 e. The van der Waals surface area contributed by atoms with E-state index >= 15 is 0 Å². The second-order valence-electron chi connectivity index (χ2n) is 14.4. The molecule has 0 radical (unpaired) electrons. The third-order valence-corrected chi connectivity index (χ3v) is 12.4. The number of fused-ring (bicyclic) bond motifs is 9. The maximum atomic E-state index is 5.11. The molecule has 4 aromatic heterocycles. The van der Waals surface area contributed by atoms with Gasteiger partial charge in [-0.2, -0.15) is 9.97 Å². The highest BCUT2D eigenvalue weighted by atomic mass is 32.1. The van der Waals surface area contributed by atoms with Crippen LogP contribution in [0.5, 0.6) is 0 Å². The second kappa shape index (κ2) is 12.6. The fraction of sp³-hybridized carbons (Fsp3) is 0. The Morgan fingerprint density at radius 3 is 1.46 bits per heavy atom. The first-order valence-corrected chi connectivity index (χ1v) is 19.9. The van der Waals surface area contributed by atoms with Gasteiger partial charge in [-0.05, 0) is 59.7 Å². The molecule has 8 aromatic carbocycles. The molecule has 266 valence electrons. The second-order valence-corrected chi connectivity index (χ2v) is 15.5. The van der Waals surface area contributed by atoms with Gasteiger partial charge in [0.25, 0.3) is 0 Å². The maximum Gasteiger partial charge on any atom is 0.238 e. The van der Waals surface area contributed by atoms with Gasteiger partial charge in [0.15, 0.2) is 11.6 Å². The van der Waals surface area contributed by atoms with E-state index in [2.05, 4.69) is 137 Å². The van der Waals surface area contributed by atoms with Gasteiger partial charge in [-0.1, -0.05) is 140 Å². The average molecular weight is 746 g/mol. The lowest BCUT2D eigenvalue weighted by Crippen LogP contribution is -2.06. The molecule has 0 spiro atoms. The van der Waals surface area contributed by atoms with E-state index in [1.807, 2.05) is 72.0 Å². The molecule has 6 heteroatoms. The smallest absolute Gasteiger partial charge is 0.238 e. The van der Waals surface area contributed by atoms with Gasteiger partial charge in [-0.25, -0.2) is 4.98 Å². The first-order valence-electron chi connectivity index (χ1n) is 19.1. The highest BCUT2D eigenvalue weighted by Gasteiger charge is 2.20. The van der Waals surface area contributed by atoms with Crippen molar-refractivity contribution < 1.29 is 0 Å². The quantitative estimate of drug-likeness (QED) is 0.176. The third-order valence-electron chi connectivity index (χ3n) is 11.2. The molecule has 0 aliphatic rings. The van der Waals surface area contributed by atoms with Crippen molar-refractivity contribution >= 4 is 75.1 Å². The summed E-state index contributed by atoms with van der Waals surface area (Å²) in [7, 11) is 0. The molecular weight excluding hydrogens is 715 g/mol. The van der Waals surface area contributed by atoms with Gasteiger partial charge in [0, 0.05) is 48.1 Å². The van der Waals surface area contributed by atoms with Gasteiger partial charge in [0.1, 0.15) is 0 Å². The van der Waals surface area contributed by atoms with Crippen LogP contribution in [-0.2, 0) is 0 Å². The molecule has 0 aliphatic carbocycles. The fourth-order valence-electron chi connectivity index (χ4n) is 8.59. The van der Waals surface area contributed by atoms with Crippen molar-refractivity contribution in [2.75, 3.05) is 0 Å². The van der Waals surface area contributed by atoms with Gasteiger partial charge in [0.2, 0.25) is 5.95 Å². The van der Waals surface area contributed by atoms with E-state index in [-0.39, 0.29) is 0 Å². The molecule has 0 fully saturated rings. The van der Waals surface area contributed by atoms with Gasteiger partial charge < -0.3 is 4.57 Å². The van der Waals surface area contributed by atoms with E-state index in [1.165, 1.54) is 53.2 Å². The summed E-state index contributed by atoms with van der Waals surface area (Å²) in [5.74, 6) is 1.86. The van der Waals surface area contributed by atoms with E-state index in [1.54, 1.807) is 0 Å². The van der Waals surface area contributed by atoms with Crippen molar-refractivity contribution in [1.82, 2.24) is 24.1 Å². The van der Waals surface area contributed by atoms with E-state index in [4.69, 9.17) is 15.0 Å². The Labute approximate surface area is 331 Å². The van der Waals surface area contributed by atoms with Crippen molar-refractivity contribution in [3.05, 3.63) is 188 Å². The average Bonchev–Trinajstić information content (AvgIpc) is 3.94. The van der Waals surface area contributed by atoms with Crippen molar-refractivity contribution in [3.63, 3.8) is 0 Å². The molecule has 12 aromatic rings. The molecule has 0 aliphatic heterocycles. The van der Waals surface area contributed by atoms with Crippen molar-refractivity contribution in [2.45, 2.75) is 0 Å². The lowest BCUT2D eigenvalue weighted by atomic mass is 10.0. The lowest BCUT2D eigenvalue weighted by molar-refractivity contribution is 0.953. The van der Waals surface area contributed by atoms with Gasteiger partial charge in [0.05, 0.1) is 32.5 Å². The van der Waals surface area contributed by atoms with Crippen LogP contribution in [0.25, 0.3) is 109 Å². The van der Waals surface area contributed by atoms with Crippen molar-refractivity contribution in [2.24, 2.45) is 0 Å². The standard InChI is InChI=1S/C51H31N5S/c1-3-14-32(15-4-1)49-52-50(33-16-5-2-6-17-33)54-51(53-49)56-43-23-11-8-19-37(43)41-31-35(27-29-45(41)56)34-26-28-44-40(30-34)36-18-7-10-22-42(36)55(44)46-24-13-21-39-38-20-9-12-25-47(38)57-48(39)46/h1-31H. The highest BCUT2D eigenvalue weighted by Crippen LogP contribution is 2.42. The SMILES string of the molecule is c1ccc(-c2nc(-c3ccccc3)nc(-n3c4ccccc4c4cc(-c5ccc6c(c5)c5ccccc5n6-c5cccc6c5sc5ccccc56)ccc43)n2)cc1. The van der Waals surface area contributed by atoms with Gasteiger partial charge in [-0.3, -0.25) is 4.57 Å². The summed E-state index contributed by atoms with van der Waals surface area (Å²) in [4.78, 5) is 15.2. The van der Waals surface area contributed by atoms with Crippen molar-refractivity contribution in [1.29, 1.82) is 0 Å². The Morgan fingerprint density at radius 1 is 0.333 bits per heavy atom. The van der Waals surface area contributed by atoms with E-state index in [0.717, 1.165) is 38.5 Å². The Balaban J connectivity index is 1.04. The zero-order chi connectivity index (χ0) is 37.5. The molecule has 0 bridgehead atoms. The minimum atomic E-state index is 0.588. The van der Waals surface area contributed by atoms with E-state index in [9.17, 15) is 0 Å². The predicted octanol–water partition coefficient (Wildman–Crippen LogP) is 13.4. The number of nitrogens with zero attached hydrogens (tertiary/aromatic N) is 5. The Kier molecular flexibility index (Phi) is 7.03. The number of benzene rings is 8.